The maximum Gasteiger partial charge on any atom is 0.0492 e. The number of hydrogen-bond acceptors (Lipinski definition) is 1. The average Bonchev–Trinajstić information content (AvgIpc) is 2.46. The summed E-state index contributed by atoms with van der Waals surface area (Å²) in [7, 11) is 0. The number of hydrogen-bond donors (Lipinski definition) is 0. The highest BCUT2D eigenvalue weighted by atomic mass is 14.7. The summed E-state index contributed by atoms with van der Waals surface area (Å²) in [6.45, 7) is 13.9. The Balaban J connectivity index is 2.21. The Bertz CT molecular complexity index is 514. The summed E-state index contributed by atoms with van der Waals surface area (Å²) in [5.41, 5.74) is 6.53. The van der Waals surface area contributed by atoms with Gasteiger partial charge >= 0.3 is 0 Å². The molecule has 1 saturated carbocycles. The predicted molar refractivity (Wildman–Crippen MR) is 80.8 cm³/mol. The van der Waals surface area contributed by atoms with Gasteiger partial charge in [-0.25, -0.2) is 0 Å². The minimum atomic E-state index is 0.171. The summed E-state index contributed by atoms with van der Waals surface area (Å²) >= 11 is 0. The minimum Gasteiger partial charge on any atom is -0.260 e. The lowest BCUT2D eigenvalue weighted by Gasteiger charge is -2.34. The van der Waals surface area contributed by atoms with E-state index in [1.54, 1.807) is 11.1 Å². The minimum absolute atomic E-state index is 0.171. The Labute approximate surface area is 117 Å². The largest absolute Gasteiger partial charge is 0.260 e. The van der Waals surface area contributed by atoms with Crippen molar-refractivity contribution in [1.29, 1.82) is 0 Å². The molecule has 0 radical (unpaired) electrons. The van der Waals surface area contributed by atoms with Gasteiger partial charge < -0.3 is 0 Å². The van der Waals surface area contributed by atoms with E-state index in [2.05, 4.69) is 47.7 Å². The van der Waals surface area contributed by atoms with Crippen LogP contribution >= 0.6 is 0 Å². The number of fused-ring (bicyclic) bond motifs is 3. The molecule has 0 bridgehead atoms. The molecular formula is C18H27N. The van der Waals surface area contributed by atoms with Crippen molar-refractivity contribution in [3.05, 3.63) is 28.6 Å². The fourth-order valence-corrected chi connectivity index (χ4v) is 3.90. The van der Waals surface area contributed by atoms with Gasteiger partial charge in [-0.3, -0.25) is 4.98 Å². The molecule has 3 rings (SSSR count). The van der Waals surface area contributed by atoms with Crippen LogP contribution in [0.25, 0.3) is 0 Å². The van der Waals surface area contributed by atoms with Gasteiger partial charge in [0.2, 0.25) is 0 Å². The van der Waals surface area contributed by atoms with E-state index in [1.165, 1.54) is 30.5 Å². The highest BCUT2D eigenvalue weighted by Gasteiger charge is 2.44. The van der Waals surface area contributed by atoms with Crippen LogP contribution in [0.3, 0.4) is 0 Å². The topological polar surface area (TPSA) is 12.9 Å². The zero-order valence-electron chi connectivity index (χ0n) is 13.3. The molecule has 104 valence electrons. The van der Waals surface area contributed by atoms with Crippen LogP contribution in [-0.4, -0.2) is 4.98 Å². The second kappa shape index (κ2) is 3.84. The molecule has 2 aliphatic carbocycles. The Morgan fingerprint density at radius 2 is 1.68 bits per heavy atom. The second-order valence-electron chi connectivity index (χ2n) is 8.56. The van der Waals surface area contributed by atoms with Crippen LogP contribution in [0.4, 0.5) is 0 Å². The van der Waals surface area contributed by atoms with Gasteiger partial charge in [0.15, 0.2) is 0 Å². The number of rotatable bonds is 0. The van der Waals surface area contributed by atoms with Crippen molar-refractivity contribution >= 4 is 0 Å². The van der Waals surface area contributed by atoms with E-state index in [0.717, 1.165) is 11.8 Å². The Kier molecular flexibility index (Phi) is 2.65. The first-order chi connectivity index (χ1) is 8.69. The van der Waals surface area contributed by atoms with E-state index >= 15 is 0 Å². The average molecular weight is 257 g/mol. The van der Waals surface area contributed by atoms with Crippen LogP contribution in [0, 0.1) is 5.92 Å². The quantitative estimate of drug-likeness (QED) is 0.655. The molecule has 1 aromatic heterocycles. The summed E-state index contributed by atoms with van der Waals surface area (Å²) < 4.78 is 0. The van der Waals surface area contributed by atoms with E-state index < -0.39 is 0 Å². The van der Waals surface area contributed by atoms with Crippen LogP contribution in [-0.2, 0) is 17.3 Å². The van der Waals surface area contributed by atoms with Crippen molar-refractivity contribution in [2.75, 3.05) is 0 Å². The molecule has 2 aliphatic rings. The number of aromatic nitrogens is 1. The standard InChI is InChI=1S/C18H27N/c1-17(2,3)14-10-19-16(18(4,5)6)13-9-11-7-8-12(11)15(13)14/h10-12H,7-9H2,1-6H3. The second-order valence-corrected chi connectivity index (χ2v) is 8.56. The van der Waals surface area contributed by atoms with Crippen molar-refractivity contribution in [1.82, 2.24) is 4.98 Å². The summed E-state index contributed by atoms with van der Waals surface area (Å²) in [5.74, 6) is 1.76. The van der Waals surface area contributed by atoms with Crippen molar-refractivity contribution in [3.8, 4) is 0 Å². The van der Waals surface area contributed by atoms with Crippen molar-refractivity contribution in [2.24, 2.45) is 5.92 Å². The van der Waals surface area contributed by atoms with Crippen LogP contribution in [0.1, 0.15) is 82.7 Å². The zero-order chi connectivity index (χ0) is 14.0. The van der Waals surface area contributed by atoms with E-state index in [9.17, 15) is 0 Å². The molecule has 0 aliphatic heterocycles. The maximum atomic E-state index is 4.88. The fourth-order valence-electron chi connectivity index (χ4n) is 3.90. The van der Waals surface area contributed by atoms with E-state index in [1.807, 2.05) is 0 Å². The lowest BCUT2D eigenvalue weighted by atomic mass is 9.71. The Hall–Kier alpha value is -0.850. The lowest BCUT2D eigenvalue weighted by molar-refractivity contribution is 0.278. The third-order valence-corrected chi connectivity index (χ3v) is 5.00. The van der Waals surface area contributed by atoms with Gasteiger partial charge in [0.1, 0.15) is 0 Å². The molecule has 19 heavy (non-hydrogen) atoms. The smallest absolute Gasteiger partial charge is 0.0492 e. The van der Waals surface area contributed by atoms with Crippen LogP contribution < -0.4 is 0 Å². The van der Waals surface area contributed by atoms with Crippen molar-refractivity contribution in [3.63, 3.8) is 0 Å². The predicted octanol–water partition coefficient (Wildman–Crippen LogP) is 4.73. The van der Waals surface area contributed by atoms with Crippen molar-refractivity contribution in [2.45, 2.75) is 77.6 Å². The maximum absolute atomic E-state index is 4.88. The summed E-state index contributed by atoms with van der Waals surface area (Å²) in [6.07, 6.45) is 6.28. The third kappa shape index (κ3) is 1.93. The molecule has 2 atom stereocenters. The molecule has 1 heteroatoms. The van der Waals surface area contributed by atoms with Gasteiger partial charge in [0, 0.05) is 17.3 Å². The van der Waals surface area contributed by atoms with E-state index in [0.29, 0.717) is 0 Å². The summed E-state index contributed by atoms with van der Waals surface area (Å²) in [6, 6.07) is 0. The first-order valence-corrected chi connectivity index (χ1v) is 7.72. The fraction of sp³-hybridized carbons (Fsp3) is 0.722. The molecule has 0 aromatic carbocycles. The lowest BCUT2D eigenvalue weighted by Crippen LogP contribution is -2.23. The van der Waals surface area contributed by atoms with Gasteiger partial charge in [0.25, 0.3) is 0 Å². The van der Waals surface area contributed by atoms with Gasteiger partial charge in [-0.1, -0.05) is 41.5 Å². The first-order valence-electron chi connectivity index (χ1n) is 7.72. The molecule has 1 heterocycles. The van der Waals surface area contributed by atoms with Crippen molar-refractivity contribution < 1.29 is 0 Å². The van der Waals surface area contributed by atoms with E-state index in [4.69, 9.17) is 4.98 Å². The van der Waals surface area contributed by atoms with Crippen LogP contribution in [0.15, 0.2) is 6.20 Å². The van der Waals surface area contributed by atoms with Gasteiger partial charge in [-0.2, -0.15) is 0 Å². The molecule has 1 nitrogen and oxygen atoms in total. The highest BCUT2D eigenvalue weighted by molar-refractivity contribution is 5.49. The first kappa shape index (κ1) is 13.1. The summed E-state index contributed by atoms with van der Waals surface area (Å²) in [4.78, 5) is 4.88. The molecular weight excluding hydrogens is 230 g/mol. The normalized spacial score (nSPS) is 25.8. The molecule has 0 saturated heterocycles. The molecule has 1 fully saturated rings. The summed E-state index contributed by atoms with van der Waals surface area (Å²) in [5, 5.41) is 0. The Morgan fingerprint density at radius 1 is 1.00 bits per heavy atom. The zero-order valence-corrected chi connectivity index (χ0v) is 13.3. The number of pyridine rings is 1. The van der Waals surface area contributed by atoms with Gasteiger partial charge in [-0.05, 0) is 53.2 Å². The molecule has 0 N–H and O–H groups in total. The molecule has 0 amide bonds. The monoisotopic (exact) mass is 257 g/mol. The van der Waals surface area contributed by atoms with E-state index in [-0.39, 0.29) is 10.8 Å². The van der Waals surface area contributed by atoms with Gasteiger partial charge in [-0.15, -0.1) is 0 Å². The Morgan fingerprint density at radius 3 is 2.16 bits per heavy atom. The SMILES string of the molecule is CC(C)(C)c1cnc(C(C)(C)C)c2c1C1CCC1C2. The molecule has 2 unspecified atom stereocenters. The molecule has 1 aromatic rings. The highest BCUT2D eigenvalue weighted by Crippen LogP contribution is 2.55. The number of nitrogens with zero attached hydrogens (tertiary/aromatic N) is 1. The van der Waals surface area contributed by atoms with Crippen LogP contribution in [0.5, 0.6) is 0 Å². The third-order valence-electron chi connectivity index (χ3n) is 5.00. The molecule has 0 spiro atoms. The van der Waals surface area contributed by atoms with Crippen LogP contribution in [0.2, 0.25) is 0 Å². The van der Waals surface area contributed by atoms with Gasteiger partial charge in [0.05, 0.1) is 0 Å².